The third-order valence-electron chi connectivity index (χ3n) is 4.41. The van der Waals surface area contributed by atoms with Crippen molar-refractivity contribution in [3.8, 4) is 5.82 Å². The topological polar surface area (TPSA) is 72.7 Å². The monoisotopic (exact) mass is 357 g/mol. The fraction of sp³-hybridized carbons (Fsp3) is 0.143. The van der Waals surface area contributed by atoms with Crippen molar-refractivity contribution in [2.24, 2.45) is 0 Å². The Morgan fingerprint density at radius 2 is 2.04 bits per heavy atom. The fourth-order valence-electron chi connectivity index (χ4n) is 2.96. The molecule has 0 aliphatic heterocycles. The van der Waals surface area contributed by atoms with Gasteiger partial charge in [-0.1, -0.05) is 17.7 Å². The van der Waals surface area contributed by atoms with Gasteiger partial charge >= 0.3 is 0 Å². The molecule has 4 aromatic rings. The molecule has 0 saturated carbocycles. The molecule has 6 heteroatoms. The van der Waals surface area contributed by atoms with Gasteiger partial charge < -0.3 is 5.32 Å². The molecule has 0 aliphatic rings. The number of nitrogens with one attached hydrogen (secondary N) is 1. The second-order valence-corrected chi connectivity index (χ2v) is 6.48. The molecule has 4 rings (SSSR count). The van der Waals surface area contributed by atoms with Crippen molar-refractivity contribution in [3.63, 3.8) is 0 Å². The molecule has 0 bridgehead atoms. The molecule has 0 fully saturated rings. The molecule has 0 radical (unpaired) electrons. The van der Waals surface area contributed by atoms with Crippen molar-refractivity contribution in [1.29, 1.82) is 0 Å². The standard InChI is InChI=1S/C21H19N5O/c1-14-4-6-19-17(10-14)11-18(15(2)25-19)21(27)23-13-16-5-7-20(22-12-16)26-9-3-8-24-26/h3-12H,13H2,1-2H3,(H,23,27). The van der Waals surface area contributed by atoms with E-state index in [0.717, 1.165) is 33.5 Å². The van der Waals surface area contributed by atoms with Crippen molar-refractivity contribution in [2.45, 2.75) is 20.4 Å². The van der Waals surface area contributed by atoms with Crippen molar-refractivity contribution in [3.05, 3.63) is 83.4 Å². The molecular formula is C21H19N5O. The highest BCUT2D eigenvalue weighted by Gasteiger charge is 2.12. The Balaban J connectivity index is 1.49. The number of aryl methyl sites for hydroxylation is 2. The van der Waals surface area contributed by atoms with Gasteiger partial charge in [-0.25, -0.2) is 9.67 Å². The zero-order valence-electron chi connectivity index (χ0n) is 15.2. The molecular weight excluding hydrogens is 338 g/mol. The molecule has 0 aliphatic carbocycles. The molecule has 0 unspecified atom stereocenters. The lowest BCUT2D eigenvalue weighted by molar-refractivity contribution is 0.0950. The van der Waals surface area contributed by atoms with E-state index in [1.165, 1.54) is 0 Å². The minimum Gasteiger partial charge on any atom is -0.348 e. The van der Waals surface area contributed by atoms with Gasteiger partial charge in [-0.15, -0.1) is 0 Å². The van der Waals surface area contributed by atoms with Crippen LogP contribution in [0.4, 0.5) is 0 Å². The summed E-state index contributed by atoms with van der Waals surface area (Å²) >= 11 is 0. The summed E-state index contributed by atoms with van der Waals surface area (Å²) in [5.74, 6) is 0.597. The largest absolute Gasteiger partial charge is 0.348 e. The number of benzene rings is 1. The van der Waals surface area contributed by atoms with Crippen LogP contribution in [0, 0.1) is 13.8 Å². The lowest BCUT2D eigenvalue weighted by Gasteiger charge is -2.09. The third-order valence-corrected chi connectivity index (χ3v) is 4.41. The molecule has 6 nitrogen and oxygen atoms in total. The number of pyridine rings is 2. The van der Waals surface area contributed by atoms with Crippen LogP contribution in [-0.2, 0) is 6.54 Å². The minimum atomic E-state index is -0.139. The maximum Gasteiger partial charge on any atom is 0.253 e. The smallest absolute Gasteiger partial charge is 0.253 e. The summed E-state index contributed by atoms with van der Waals surface area (Å²) in [5.41, 5.74) is 4.27. The SMILES string of the molecule is Cc1ccc2nc(C)c(C(=O)NCc3ccc(-n4cccn4)nc3)cc2c1. The van der Waals surface area contributed by atoms with Crippen LogP contribution < -0.4 is 5.32 Å². The number of fused-ring (bicyclic) bond motifs is 1. The summed E-state index contributed by atoms with van der Waals surface area (Å²) in [6.45, 7) is 4.28. The highest BCUT2D eigenvalue weighted by atomic mass is 16.1. The average Bonchev–Trinajstić information content (AvgIpc) is 3.21. The molecule has 1 aromatic carbocycles. The summed E-state index contributed by atoms with van der Waals surface area (Å²) in [7, 11) is 0. The molecule has 27 heavy (non-hydrogen) atoms. The van der Waals surface area contributed by atoms with E-state index in [4.69, 9.17) is 0 Å². The van der Waals surface area contributed by atoms with E-state index >= 15 is 0 Å². The van der Waals surface area contributed by atoms with Gasteiger partial charge in [-0.2, -0.15) is 5.10 Å². The quantitative estimate of drug-likeness (QED) is 0.608. The number of nitrogens with zero attached hydrogens (tertiary/aromatic N) is 4. The number of carbonyl (C=O) groups excluding carboxylic acids is 1. The van der Waals surface area contributed by atoms with Crippen LogP contribution in [0.1, 0.15) is 27.2 Å². The Morgan fingerprint density at radius 1 is 1.15 bits per heavy atom. The zero-order valence-corrected chi connectivity index (χ0v) is 15.2. The van der Waals surface area contributed by atoms with Crippen molar-refractivity contribution >= 4 is 16.8 Å². The number of hydrogen-bond acceptors (Lipinski definition) is 4. The molecule has 134 valence electrons. The maximum absolute atomic E-state index is 12.6. The first-order chi connectivity index (χ1) is 13.1. The molecule has 0 atom stereocenters. The van der Waals surface area contributed by atoms with Gasteiger partial charge in [0.2, 0.25) is 0 Å². The van der Waals surface area contributed by atoms with E-state index in [9.17, 15) is 4.79 Å². The first kappa shape index (κ1) is 16.9. The van der Waals surface area contributed by atoms with E-state index in [0.29, 0.717) is 12.1 Å². The minimum absolute atomic E-state index is 0.139. The maximum atomic E-state index is 12.6. The van der Waals surface area contributed by atoms with Gasteiger partial charge in [-0.05, 0) is 49.7 Å². The normalized spacial score (nSPS) is 10.9. The summed E-state index contributed by atoms with van der Waals surface area (Å²) in [4.78, 5) is 21.6. The van der Waals surface area contributed by atoms with E-state index in [2.05, 4.69) is 20.4 Å². The van der Waals surface area contributed by atoms with Gasteiger partial charge in [0.05, 0.1) is 16.8 Å². The fourth-order valence-corrected chi connectivity index (χ4v) is 2.96. The van der Waals surface area contributed by atoms with E-state index in [1.54, 1.807) is 17.1 Å². The predicted molar refractivity (Wildman–Crippen MR) is 104 cm³/mol. The van der Waals surface area contributed by atoms with E-state index in [-0.39, 0.29) is 5.91 Å². The molecule has 1 amide bonds. The van der Waals surface area contributed by atoms with Gasteiger partial charge in [0, 0.05) is 30.5 Å². The van der Waals surface area contributed by atoms with Crippen LogP contribution >= 0.6 is 0 Å². The first-order valence-electron chi connectivity index (χ1n) is 8.71. The zero-order chi connectivity index (χ0) is 18.8. The van der Waals surface area contributed by atoms with Crippen LogP contribution in [0.25, 0.3) is 16.7 Å². The van der Waals surface area contributed by atoms with Crippen molar-refractivity contribution < 1.29 is 4.79 Å². The second kappa shape index (κ2) is 6.99. The number of rotatable bonds is 4. The van der Waals surface area contributed by atoms with Crippen LogP contribution in [-0.4, -0.2) is 25.7 Å². The summed E-state index contributed by atoms with van der Waals surface area (Å²) < 4.78 is 1.69. The highest BCUT2D eigenvalue weighted by Crippen LogP contribution is 2.18. The number of aromatic nitrogens is 4. The van der Waals surface area contributed by atoms with Crippen molar-refractivity contribution in [2.75, 3.05) is 0 Å². The van der Waals surface area contributed by atoms with Crippen LogP contribution in [0.2, 0.25) is 0 Å². The van der Waals surface area contributed by atoms with Crippen LogP contribution in [0.3, 0.4) is 0 Å². The Bertz CT molecular complexity index is 1100. The molecule has 3 heterocycles. The van der Waals surface area contributed by atoms with Gasteiger partial charge in [0.1, 0.15) is 0 Å². The summed E-state index contributed by atoms with van der Waals surface area (Å²) in [5, 5.41) is 8.06. The molecule has 3 aromatic heterocycles. The summed E-state index contributed by atoms with van der Waals surface area (Å²) in [6, 6.07) is 13.6. The average molecular weight is 357 g/mol. The lowest BCUT2D eigenvalue weighted by atomic mass is 10.1. The second-order valence-electron chi connectivity index (χ2n) is 6.48. The number of carbonyl (C=O) groups is 1. The van der Waals surface area contributed by atoms with Gasteiger partial charge in [0.15, 0.2) is 5.82 Å². The van der Waals surface area contributed by atoms with Crippen molar-refractivity contribution in [1.82, 2.24) is 25.1 Å². The predicted octanol–water partition coefficient (Wildman–Crippen LogP) is 3.36. The van der Waals surface area contributed by atoms with E-state index in [1.807, 2.05) is 62.5 Å². The third kappa shape index (κ3) is 3.55. The molecule has 0 spiro atoms. The van der Waals surface area contributed by atoms with Crippen LogP contribution in [0.5, 0.6) is 0 Å². The number of hydrogen-bond donors (Lipinski definition) is 1. The summed E-state index contributed by atoms with van der Waals surface area (Å²) in [6.07, 6.45) is 5.28. The number of amides is 1. The lowest BCUT2D eigenvalue weighted by Crippen LogP contribution is -2.24. The molecule has 1 N–H and O–H groups in total. The van der Waals surface area contributed by atoms with Gasteiger partial charge in [0.25, 0.3) is 5.91 Å². The Kier molecular flexibility index (Phi) is 4.38. The highest BCUT2D eigenvalue weighted by molar-refractivity contribution is 5.98. The molecule has 0 saturated heterocycles. The Hall–Kier alpha value is -3.54. The first-order valence-corrected chi connectivity index (χ1v) is 8.71. The van der Waals surface area contributed by atoms with Gasteiger partial charge in [-0.3, -0.25) is 9.78 Å². The van der Waals surface area contributed by atoms with Crippen LogP contribution in [0.15, 0.2) is 61.1 Å². The Morgan fingerprint density at radius 3 is 2.78 bits per heavy atom. The Labute approximate surface area is 156 Å². The van der Waals surface area contributed by atoms with E-state index < -0.39 is 0 Å².